The minimum absolute atomic E-state index is 0.323. The molecule has 2 aromatic rings. The van der Waals surface area contributed by atoms with Gasteiger partial charge in [-0.3, -0.25) is 0 Å². The van der Waals surface area contributed by atoms with E-state index in [9.17, 15) is 4.79 Å². The van der Waals surface area contributed by atoms with Crippen LogP contribution in [-0.2, 0) is 16.1 Å². The Morgan fingerprint density at radius 3 is 2.35 bits per heavy atom. The summed E-state index contributed by atoms with van der Waals surface area (Å²) in [5.74, 6) is 0.507. The van der Waals surface area contributed by atoms with Crippen LogP contribution in [0.15, 0.2) is 48.5 Å². The molecule has 3 nitrogen and oxygen atoms in total. The van der Waals surface area contributed by atoms with Gasteiger partial charge in [-0.15, -0.1) is 0 Å². The predicted molar refractivity (Wildman–Crippen MR) is 92.4 cm³/mol. The predicted octanol–water partition coefficient (Wildman–Crippen LogP) is 4.46. The van der Waals surface area contributed by atoms with Crippen LogP contribution in [0.25, 0.3) is 6.08 Å². The first-order chi connectivity index (χ1) is 11.1. The van der Waals surface area contributed by atoms with Crippen molar-refractivity contribution in [3.8, 4) is 5.75 Å². The molecule has 0 spiro atoms. The van der Waals surface area contributed by atoms with Crippen molar-refractivity contribution in [1.29, 1.82) is 0 Å². The molecule has 2 aromatic carbocycles. The van der Waals surface area contributed by atoms with E-state index < -0.39 is 0 Å². The molecule has 3 heteroatoms. The Morgan fingerprint density at radius 2 is 1.74 bits per heavy atom. The molecule has 0 radical (unpaired) electrons. The summed E-state index contributed by atoms with van der Waals surface area (Å²) in [7, 11) is 0. The molecule has 0 aliphatic heterocycles. The zero-order chi connectivity index (χ0) is 16.7. The largest absolute Gasteiger partial charge is 0.489 e. The maximum atomic E-state index is 11.4. The van der Waals surface area contributed by atoms with Crippen molar-refractivity contribution < 1.29 is 14.3 Å². The highest BCUT2D eigenvalue weighted by Gasteiger charge is 2.05. The van der Waals surface area contributed by atoms with Crippen LogP contribution in [0, 0.1) is 13.8 Å². The molecule has 0 amide bonds. The summed E-state index contributed by atoms with van der Waals surface area (Å²) >= 11 is 0. The maximum Gasteiger partial charge on any atom is 0.330 e. The van der Waals surface area contributed by atoms with Gasteiger partial charge in [-0.1, -0.05) is 30.3 Å². The van der Waals surface area contributed by atoms with Crippen molar-refractivity contribution in [3.63, 3.8) is 0 Å². The Labute approximate surface area is 137 Å². The molecule has 0 heterocycles. The van der Waals surface area contributed by atoms with Gasteiger partial charge in [-0.05, 0) is 61.2 Å². The van der Waals surface area contributed by atoms with Gasteiger partial charge in [0.05, 0.1) is 6.61 Å². The van der Waals surface area contributed by atoms with E-state index in [0.717, 1.165) is 28.0 Å². The standard InChI is InChI=1S/C20H22O3/c1-4-22-20(21)11-10-19-15(2)12-18(13-16(19)3)23-14-17-8-6-5-7-9-17/h5-13H,4,14H2,1-3H3/b11-10+. The summed E-state index contributed by atoms with van der Waals surface area (Å²) in [6.07, 6.45) is 3.26. The summed E-state index contributed by atoms with van der Waals surface area (Å²) in [6, 6.07) is 14.0. The van der Waals surface area contributed by atoms with E-state index in [1.165, 1.54) is 6.08 Å². The van der Waals surface area contributed by atoms with Gasteiger partial charge >= 0.3 is 5.97 Å². The smallest absolute Gasteiger partial charge is 0.330 e. The van der Waals surface area contributed by atoms with Gasteiger partial charge in [0.2, 0.25) is 0 Å². The molecule has 0 fully saturated rings. The lowest BCUT2D eigenvalue weighted by molar-refractivity contribution is -0.137. The third-order valence-electron chi connectivity index (χ3n) is 3.49. The zero-order valence-corrected chi connectivity index (χ0v) is 13.8. The third-order valence-corrected chi connectivity index (χ3v) is 3.49. The molecule has 0 aromatic heterocycles. The van der Waals surface area contributed by atoms with Gasteiger partial charge in [-0.2, -0.15) is 0 Å². The Bertz CT molecular complexity index is 664. The van der Waals surface area contributed by atoms with Gasteiger partial charge < -0.3 is 9.47 Å². The number of hydrogen-bond acceptors (Lipinski definition) is 3. The SMILES string of the molecule is CCOC(=O)/C=C/c1c(C)cc(OCc2ccccc2)cc1C. The van der Waals surface area contributed by atoms with Crippen molar-refractivity contribution in [1.82, 2.24) is 0 Å². The van der Waals surface area contributed by atoms with Crippen LogP contribution < -0.4 is 4.74 Å². The molecule has 0 saturated carbocycles. The van der Waals surface area contributed by atoms with Crippen LogP contribution in [0.5, 0.6) is 5.75 Å². The van der Waals surface area contributed by atoms with E-state index in [4.69, 9.17) is 9.47 Å². The Hall–Kier alpha value is -2.55. The van der Waals surface area contributed by atoms with Crippen molar-refractivity contribution in [3.05, 3.63) is 70.8 Å². The molecule has 0 atom stereocenters. The van der Waals surface area contributed by atoms with Crippen LogP contribution in [0.1, 0.15) is 29.2 Å². The van der Waals surface area contributed by atoms with Gasteiger partial charge in [-0.25, -0.2) is 4.79 Å². The normalized spacial score (nSPS) is 10.7. The molecule has 0 bridgehead atoms. The molecule has 0 N–H and O–H groups in total. The van der Waals surface area contributed by atoms with E-state index in [1.807, 2.05) is 56.3 Å². The lowest BCUT2D eigenvalue weighted by Gasteiger charge is -2.11. The second-order valence-electron chi connectivity index (χ2n) is 5.33. The fourth-order valence-corrected chi connectivity index (χ4v) is 2.36. The van der Waals surface area contributed by atoms with Crippen LogP contribution in [-0.4, -0.2) is 12.6 Å². The molecular formula is C20H22O3. The number of ether oxygens (including phenoxy) is 2. The lowest BCUT2D eigenvalue weighted by Crippen LogP contribution is -2.00. The summed E-state index contributed by atoms with van der Waals surface area (Å²) < 4.78 is 10.8. The Balaban J connectivity index is 2.09. The first-order valence-corrected chi connectivity index (χ1v) is 7.73. The summed E-state index contributed by atoms with van der Waals surface area (Å²) in [6.45, 7) is 6.73. The van der Waals surface area contributed by atoms with Gasteiger partial charge in [0.25, 0.3) is 0 Å². The highest BCUT2D eigenvalue weighted by atomic mass is 16.5. The average Bonchev–Trinajstić information content (AvgIpc) is 2.53. The molecule has 0 saturated heterocycles. The number of rotatable bonds is 6. The minimum atomic E-state index is -0.323. The van der Waals surface area contributed by atoms with Crippen LogP contribution in [0.4, 0.5) is 0 Å². The van der Waals surface area contributed by atoms with Crippen molar-refractivity contribution >= 4 is 12.0 Å². The van der Waals surface area contributed by atoms with Crippen LogP contribution in [0.3, 0.4) is 0 Å². The monoisotopic (exact) mass is 310 g/mol. The van der Waals surface area contributed by atoms with E-state index in [-0.39, 0.29) is 5.97 Å². The first-order valence-electron chi connectivity index (χ1n) is 7.73. The molecule has 2 rings (SSSR count). The fourth-order valence-electron chi connectivity index (χ4n) is 2.36. The van der Waals surface area contributed by atoms with Gasteiger partial charge in [0, 0.05) is 6.08 Å². The Kier molecular flexibility index (Phi) is 5.98. The van der Waals surface area contributed by atoms with Crippen LogP contribution >= 0.6 is 0 Å². The quantitative estimate of drug-likeness (QED) is 0.584. The molecular weight excluding hydrogens is 288 g/mol. The molecule has 0 unspecified atom stereocenters. The Morgan fingerprint density at radius 1 is 1.09 bits per heavy atom. The van der Waals surface area contributed by atoms with Crippen molar-refractivity contribution in [2.24, 2.45) is 0 Å². The van der Waals surface area contributed by atoms with E-state index >= 15 is 0 Å². The fraction of sp³-hybridized carbons (Fsp3) is 0.250. The molecule has 120 valence electrons. The zero-order valence-electron chi connectivity index (χ0n) is 13.8. The van der Waals surface area contributed by atoms with Gasteiger partial charge in [0.1, 0.15) is 12.4 Å². The average molecular weight is 310 g/mol. The highest BCUT2D eigenvalue weighted by Crippen LogP contribution is 2.24. The lowest BCUT2D eigenvalue weighted by atomic mass is 10.0. The van der Waals surface area contributed by atoms with Crippen molar-refractivity contribution in [2.75, 3.05) is 6.61 Å². The number of esters is 1. The molecule has 0 aliphatic carbocycles. The number of aryl methyl sites for hydroxylation is 2. The highest BCUT2D eigenvalue weighted by molar-refractivity contribution is 5.87. The summed E-state index contributed by atoms with van der Waals surface area (Å²) in [5, 5.41) is 0. The summed E-state index contributed by atoms with van der Waals surface area (Å²) in [4.78, 5) is 11.4. The topological polar surface area (TPSA) is 35.5 Å². The van der Waals surface area contributed by atoms with E-state index in [1.54, 1.807) is 13.0 Å². The van der Waals surface area contributed by atoms with Crippen LogP contribution in [0.2, 0.25) is 0 Å². The minimum Gasteiger partial charge on any atom is -0.489 e. The number of carbonyl (C=O) groups excluding carboxylic acids is 1. The number of benzene rings is 2. The number of hydrogen-bond donors (Lipinski definition) is 0. The van der Waals surface area contributed by atoms with Crippen molar-refractivity contribution in [2.45, 2.75) is 27.4 Å². The van der Waals surface area contributed by atoms with E-state index in [2.05, 4.69) is 0 Å². The molecule has 0 aliphatic rings. The second kappa shape index (κ2) is 8.18. The second-order valence-corrected chi connectivity index (χ2v) is 5.33. The summed E-state index contributed by atoms with van der Waals surface area (Å²) in [5.41, 5.74) is 4.28. The maximum absolute atomic E-state index is 11.4. The first kappa shape index (κ1) is 16.8. The van der Waals surface area contributed by atoms with E-state index in [0.29, 0.717) is 13.2 Å². The van der Waals surface area contributed by atoms with Gasteiger partial charge in [0.15, 0.2) is 0 Å². The third kappa shape index (κ3) is 4.99. The number of carbonyl (C=O) groups is 1. The molecule has 23 heavy (non-hydrogen) atoms.